The first kappa shape index (κ1) is 21.4. The third-order valence-electron chi connectivity index (χ3n) is 6.53. The molecule has 2 unspecified atom stereocenters. The molecule has 0 aromatic carbocycles. The highest BCUT2D eigenvalue weighted by atomic mass is 32.2. The van der Waals surface area contributed by atoms with Gasteiger partial charge in [-0.2, -0.15) is 0 Å². The van der Waals surface area contributed by atoms with Crippen LogP contribution < -0.4 is 10.6 Å². The minimum atomic E-state index is -0.621. The molecule has 3 heterocycles. The summed E-state index contributed by atoms with van der Waals surface area (Å²) in [5.41, 5.74) is 0. The van der Waals surface area contributed by atoms with Gasteiger partial charge in [0, 0.05) is 24.4 Å². The van der Waals surface area contributed by atoms with Gasteiger partial charge in [-0.25, -0.2) is 0 Å². The van der Waals surface area contributed by atoms with Gasteiger partial charge in [-0.3, -0.25) is 14.4 Å². The smallest absolute Gasteiger partial charge is 0.244 e. The lowest BCUT2D eigenvalue weighted by Crippen LogP contribution is -2.54. The Labute approximate surface area is 171 Å². The van der Waals surface area contributed by atoms with Crippen molar-refractivity contribution in [2.45, 2.75) is 68.4 Å². The maximum atomic E-state index is 13.4. The Hall–Kier alpha value is -1.28. The zero-order valence-electron chi connectivity index (χ0n) is 17.1. The molecule has 2 bridgehead atoms. The molecule has 0 aromatic heterocycles. The molecule has 0 aliphatic carbocycles. The summed E-state index contributed by atoms with van der Waals surface area (Å²) in [5, 5.41) is 15.5. The second-order valence-corrected chi connectivity index (χ2v) is 10.3. The molecule has 0 radical (unpaired) electrons. The van der Waals surface area contributed by atoms with Gasteiger partial charge in [-0.1, -0.05) is 20.3 Å². The quantitative estimate of drug-likeness (QED) is 0.490. The molecule has 0 aromatic rings. The molecule has 158 valence electrons. The molecular weight excluding hydrogens is 378 g/mol. The summed E-state index contributed by atoms with van der Waals surface area (Å²) in [5.74, 6) is -1.31. The molecular formula is C20H33N3O4S. The number of carbonyl (C=O) groups is 3. The lowest BCUT2D eigenvalue weighted by molar-refractivity contribution is -0.141. The number of unbranched alkanes of at least 4 members (excludes halogenated alkanes) is 1. The first-order valence-corrected chi connectivity index (χ1v) is 11.3. The summed E-state index contributed by atoms with van der Waals surface area (Å²) >= 11 is 1.66. The number of β-amino-alcohol motifs (C(OH)–C–C–N with tert-alkyl or cyclic N) is 1. The molecule has 3 N–H and O–H groups in total. The third kappa shape index (κ3) is 3.22. The fourth-order valence-corrected chi connectivity index (χ4v) is 7.67. The van der Waals surface area contributed by atoms with Crippen LogP contribution in [0.3, 0.4) is 0 Å². The van der Waals surface area contributed by atoms with E-state index >= 15 is 0 Å². The molecule has 3 aliphatic rings. The fraction of sp³-hybridized carbons (Fsp3) is 0.850. The van der Waals surface area contributed by atoms with E-state index in [1.54, 1.807) is 11.8 Å². The van der Waals surface area contributed by atoms with Crippen molar-refractivity contribution >= 4 is 29.5 Å². The van der Waals surface area contributed by atoms with Crippen LogP contribution in [0, 0.1) is 11.8 Å². The highest BCUT2D eigenvalue weighted by Gasteiger charge is 2.76. The van der Waals surface area contributed by atoms with Gasteiger partial charge in [0.1, 0.15) is 6.04 Å². The van der Waals surface area contributed by atoms with Crippen molar-refractivity contribution in [2.24, 2.45) is 11.8 Å². The second kappa shape index (κ2) is 8.22. The number of hydrogen-bond acceptors (Lipinski definition) is 5. The summed E-state index contributed by atoms with van der Waals surface area (Å²) in [6.45, 7) is 7.23. The third-order valence-corrected chi connectivity index (χ3v) is 8.51. The van der Waals surface area contributed by atoms with E-state index in [4.69, 9.17) is 0 Å². The average Bonchev–Trinajstić information content (AvgIpc) is 3.22. The number of nitrogens with zero attached hydrogens (tertiary/aromatic N) is 1. The van der Waals surface area contributed by atoms with Crippen LogP contribution in [0.4, 0.5) is 0 Å². The van der Waals surface area contributed by atoms with Crippen molar-refractivity contribution in [3.63, 3.8) is 0 Å². The van der Waals surface area contributed by atoms with Gasteiger partial charge in [-0.05, 0) is 32.6 Å². The van der Waals surface area contributed by atoms with Gasteiger partial charge in [0.2, 0.25) is 17.7 Å². The molecule has 3 rings (SSSR count). The van der Waals surface area contributed by atoms with E-state index in [9.17, 15) is 19.5 Å². The van der Waals surface area contributed by atoms with Crippen LogP contribution in [0.1, 0.15) is 52.9 Å². The predicted molar refractivity (Wildman–Crippen MR) is 109 cm³/mol. The highest BCUT2D eigenvalue weighted by molar-refractivity contribution is 8.02. The van der Waals surface area contributed by atoms with Gasteiger partial charge < -0.3 is 20.6 Å². The summed E-state index contributed by atoms with van der Waals surface area (Å²) in [4.78, 5) is 41.0. The number of nitrogens with one attached hydrogen (secondary N) is 2. The number of thioether (sulfide) groups is 1. The van der Waals surface area contributed by atoms with Crippen LogP contribution in [0.2, 0.25) is 0 Å². The Morgan fingerprint density at radius 1 is 1.18 bits per heavy atom. The molecule has 28 heavy (non-hydrogen) atoms. The zero-order valence-corrected chi connectivity index (χ0v) is 17.9. The average molecular weight is 412 g/mol. The van der Waals surface area contributed by atoms with Gasteiger partial charge in [0.05, 0.1) is 23.2 Å². The van der Waals surface area contributed by atoms with E-state index in [0.29, 0.717) is 13.1 Å². The van der Waals surface area contributed by atoms with Gasteiger partial charge in [0.15, 0.2) is 0 Å². The Kier molecular flexibility index (Phi) is 6.29. The van der Waals surface area contributed by atoms with Crippen molar-refractivity contribution in [3.8, 4) is 0 Å². The maximum absolute atomic E-state index is 13.4. The SMILES string of the molecule is CCCCNC(=O)C1N(CCO)C(=O)[C@@H]2[C@H](C(=O)NCCC)[C@]3(C)CCC12S3. The number of aliphatic hydroxyl groups excluding tert-OH is 1. The van der Waals surface area contributed by atoms with E-state index in [2.05, 4.69) is 24.5 Å². The number of aliphatic hydroxyl groups is 1. The number of fused-ring (bicyclic) bond motifs is 1. The van der Waals surface area contributed by atoms with Gasteiger partial charge >= 0.3 is 0 Å². The summed E-state index contributed by atoms with van der Waals surface area (Å²) in [6.07, 6.45) is 4.26. The lowest BCUT2D eigenvalue weighted by atomic mass is 9.66. The van der Waals surface area contributed by atoms with E-state index in [1.165, 1.54) is 4.90 Å². The predicted octanol–water partition coefficient (Wildman–Crippen LogP) is 0.903. The molecule has 1 spiro atoms. The summed E-state index contributed by atoms with van der Waals surface area (Å²) < 4.78 is -0.906. The zero-order chi connectivity index (χ0) is 20.5. The Balaban J connectivity index is 1.93. The molecule has 3 saturated heterocycles. The highest BCUT2D eigenvalue weighted by Crippen LogP contribution is 2.71. The molecule has 3 fully saturated rings. The van der Waals surface area contributed by atoms with Crippen LogP contribution in [0.25, 0.3) is 0 Å². The standard InChI is InChI=1S/C20H33N3O4S/c1-4-6-10-22-17(26)15-20-8-7-19(3,28-20)13(16(25)21-9-5-2)14(20)18(27)23(15)11-12-24/h13-15,24H,4-12H2,1-3H3,(H,21,25)(H,22,26)/t13-,14+,15?,19+,20?/m1/s1. The Bertz CT molecular complexity index is 645. The first-order chi connectivity index (χ1) is 13.4. The molecule has 0 saturated carbocycles. The van der Waals surface area contributed by atoms with E-state index in [1.807, 2.05) is 6.92 Å². The van der Waals surface area contributed by atoms with Crippen LogP contribution in [0.5, 0.6) is 0 Å². The van der Waals surface area contributed by atoms with Crippen LogP contribution in [0.15, 0.2) is 0 Å². The lowest BCUT2D eigenvalue weighted by Gasteiger charge is -2.34. The minimum Gasteiger partial charge on any atom is -0.395 e. The topological polar surface area (TPSA) is 98.7 Å². The molecule has 5 atom stereocenters. The molecule has 7 nitrogen and oxygen atoms in total. The Morgan fingerprint density at radius 3 is 2.54 bits per heavy atom. The van der Waals surface area contributed by atoms with Gasteiger partial charge in [0.25, 0.3) is 0 Å². The maximum Gasteiger partial charge on any atom is 0.244 e. The number of hydrogen-bond donors (Lipinski definition) is 3. The van der Waals surface area contributed by atoms with Gasteiger partial charge in [-0.15, -0.1) is 11.8 Å². The van der Waals surface area contributed by atoms with Crippen molar-refractivity contribution in [1.29, 1.82) is 0 Å². The number of rotatable bonds is 9. The van der Waals surface area contributed by atoms with Crippen molar-refractivity contribution in [1.82, 2.24) is 15.5 Å². The van der Waals surface area contributed by atoms with E-state index < -0.39 is 22.6 Å². The van der Waals surface area contributed by atoms with Crippen molar-refractivity contribution < 1.29 is 19.5 Å². The monoisotopic (exact) mass is 411 g/mol. The largest absolute Gasteiger partial charge is 0.395 e. The van der Waals surface area contributed by atoms with E-state index in [0.717, 1.165) is 32.1 Å². The van der Waals surface area contributed by atoms with Crippen molar-refractivity contribution in [2.75, 3.05) is 26.2 Å². The van der Waals surface area contributed by atoms with Crippen molar-refractivity contribution in [3.05, 3.63) is 0 Å². The fourth-order valence-electron chi connectivity index (χ4n) is 5.32. The van der Waals surface area contributed by atoms with Crippen LogP contribution in [-0.2, 0) is 14.4 Å². The summed E-state index contributed by atoms with van der Waals surface area (Å²) in [7, 11) is 0. The molecule has 3 amide bonds. The second-order valence-electron chi connectivity index (χ2n) is 8.42. The molecule has 3 aliphatic heterocycles. The number of amides is 3. The number of carbonyl (C=O) groups excluding carboxylic acids is 3. The Morgan fingerprint density at radius 2 is 1.89 bits per heavy atom. The minimum absolute atomic E-state index is 0.0761. The first-order valence-electron chi connectivity index (χ1n) is 10.5. The normalized spacial score (nSPS) is 35.9. The van der Waals surface area contributed by atoms with Crippen LogP contribution >= 0.6 is 11.8 Å². The molecule has 8 heteroatoms. The number of likely N-dealkylation sites (tertiary alicyclic amines) is 1. The van der Waals surface area contributed by atoms with E-state index in [-0.39, 0.29) is 35.6 Å². The van der Waals surface area contributed by atoms with Crippen LogP contribution in [-0.4, -0.2) is 69.5 Å². The summed E-state index contributed by atoms with van der Waals surface area (Å²) in [6, 6.07) is -0.621.